The first-order chi connectivity index (χ1) is 12.0. The van der Waals surface area contributed by atoms with E-state index in [9.17, 15) is 4.79 Å². The molecule has 0 saturated carbocycles. The molecule has 0 N–H and O–H groups in total. The number of nitrogens with zero attached hydrogens (tertiary/aromatic N) is 2. The smallest absolute Gasteiger partial charge is 0.354 e. The molecule has 0 saturated heterocycles. The average molecular weight is 377 g/mol. The van der Waals surface area contributed by atoms with Crippen LogP contribution in [-0.4, -0.2) is 18.3 Å². The van der Waals surface area contributed by atoms with Gasteiger partial charge in [0.2, 0.25) is 0 Å². The van der Waals surface area contributed by atoms with Crippen LogP contribution in [0.25, 0.3) is 0 Å². The van der Waals surface area contributed by atoms with E-state index in [1.807, 2.05) is 43.3 Å². The second-order valence-corrected chi connectivity index (χ2v) is 6.83. The molecule has 2 aromatic carbocycles. The molecule has 1 aliphatic rings. The lowest BCUT2D eigenvalue weighted by atomic mass is 9.87. The van der Waals surface area contributed by atoms with Crippen molar-refractivity contribution in [2.45, 2.75) is 25.8 Å². The predicted octanol–water partition coefficient (Wildman–Crippen LogP) is 5.04. The summed E-state index contributed by atoms with van der Waals surface area (Å²) in [5.41, 5.74) is 1.54. The van der Waals surface area contributed by atoms with Crippen LogP contribution in [0.1, 0.15) is 25.8 Å². The molecule has 0 radical (unpaired) electrons. The highest BCUT2D eigenvalue weighted by molar-refractivity contribution is 6.38. The molecule has 130 valence electrons. The second kappa shape index (κ2) is 7.06. The molecule has 1 unspecified atom stereocenters. The Morgan fingerprint density at radius 2 is 1.96 bits per heavy atom. The third-order valence-corrected chi connectivity index (χ3v) is 4.78. The highest BCUT2D eigenvalue weighted by Gasteiger charge is 2.43. The molecule has 1 atom stereocenters. The minimum atomic E-state index is -0.555. The van der Waals surface area contributed by atoms with E-state index in [-0.39, 0.29) is 0 Å². The summed E-state index contributed by atoms with van der Waals surface area (Å²) in [6, 6.07) is 15.1. The lowest BCUT2D eigenvalue weighted by Crippen LogP contribution is -2.37. The van der Waals surface area contributed by atoms with Crippen LogP contribution in [0.4, 0.5) is 5.69 Å². The molecule has 6 heteroatoms. The standard InChI is InChI=1S/C19H18Cl2N2O2/c1-3-25-18(24)16-12-19(2,13-7-5-4-6-8-13)23(22-16)17-10-9-14(20)11-15(17)21/h4-11H,3,12H2,1-2H3. The number of hydrogen-bond acceptors (Lipinski definition) is 4. The van der Waals surface area contributed by atoms with E-state index >= 15 is 0 Å². The molecular formula is C19H18Cl2N2O2. The number of benzene rings is 2. The number of ether oxygens (including phenoxy) is 1. The minimum Gasteiger partial charge on any atom is -0.461 e. The van der Waals surface area contributed by atoms with Gasteiger partial charge in [0.1, 0.15) is 5.71 Å². The molecule has 25 heavy (non-hydrogen) atoms. The topological polar surface area (TPSA) is 41.9 Å². The van der Waals surface area contributed by atoms with E-state index < -0.39 is 11.5 Å². The normalized spacial score (nSPS) is 19.7. The largest absolute Gasteiger partial charge is 0.461 e. The maximum Gasteiger partial charge on any atom is 0.354 e. The fraction of sp³-hybridized carbons (Fsp3) is 0.263. The average Bonchev–Trinajstić information content (AvgIpc) is 2.95. The van der Waals surface area contributed by atoms with Crippen molar-refractivity contribution in [1.29, 1.82) is 0 Å². The molecule has 0 aliphatic carbocycles. The van der Waals surface area contributed by atoms with Crippen molar-refractivity contribution in [2.75, 3.05) is 11.6 Å². The Balaban J connectivity index is 2.09. The van der Waals surface area contributed by atoms with Gasteiger partial charge in [-0.3, -0.25) is 5.01 Å². The summed E-state index contributed by atoms with van der Waals surface area (Å²) >= 11 is 12.4. The first kappa shape index (κ1) is 17.8. The third-order valence-electron chi connectivity index (χ3n) is 4.24. The molecule has 0 fully saturated rings. The molecule has 3 rings (SSSR count). The molecule has 0 bridgehead atoms. The number of anilines is 1. The minimum absolute atomic E-state index is 0.307. The van der Waals surface area contributed by atoms with Crippen molar-refractivity contribution >= 4 is 40.6 Å². The fourth-order valence-electron chi connectivity index (χ4n) is 2.99. The van der Waals surface area contributed by atoms with Crippen LogP contribution in [0.5, 0.6) is 0 Å². The number of hydrazone groups is 1. The summed E-state index contributed by atoms with van der Waals surface area (Å²) in [6.45, 7) is 4.11. The third kappa shape index (κ3) is 3.37. The first-order valence-electron chi connectivity index (χ1n) is 8.01. The summed E-state index contributed by atoms with van der Waals surface area (Å²) in [5, 5.41) is 7.35. The Bertz CT molecular complexity index is 823. The van der Waals surface area contributed by atoms with Crippen molar-refractivity contribution in [2.24, 2.45) is 5.10 Å². The van der Waals surface area contributed by atoms with Crippen LogP contribution in [0.2, 0.25) is 10.0 Å². The number of carbonyl (C=O) groups is 1. The number of hydrogen-bond donors (Lipinski definition) is 0. The Morgan fingerprint density at radius 3 is 2.60 bits per heavy atom. The number of carbonyl (C=O) groups excluding carboxylic acids is 1. The number of halogens is 2. The Hall–Kier alpha value is -2.04. The van der Waals surface area contributed by atoms with Crippen molar-refractivity contribution in [3.05, 3.63) is 64.1 Å². The molecule has 1 aliphatic heterocycles. The van der Waals surface area contributed by atoms with Crippen molar-refractivity contribution in [3.8, 4) is 0 Å². The van der Waals surface area contributed by atoms with Gasteiger partial charge in [-0.15, -0.1) is 0 Å². The van der Waals surface area contributed by atoms with Gasteiger partial charge in [0.05, 0.1) is 22.9 Å². The van der Waals surface area contributed by atoms with Gasteiger partial charge >= 0.3 is 5.97 Å². The Labute approximate surface area is 157 Å². The van der Waals surface area contributed by atoms with Crippen LogP contribution >= 0.6 is 23.2 Å². The quantitative estimate of drug-likeness (QED) is 0.702. The summed E-state index contributed by atoms with van der Waals surface area (Å²) in [7, 11) is 0. The van der Waals surface area contributed by atoms with Gasteiger partial charge < -0.3 is 4.74 Å². The van der Waals surface area contributed by atoms with Gasteiger partial charge in [-0.05, 0) is 37.6 Å². The molecule has 1 heterocycles. The zero-order valence-electron chi connectivity index (χ0n) is 14.0. The van der Waals surface area contributed by atoms with Crippen LogP contribution in [0.15, 0.2) is 53.6 Å². The molecule has 4 nitrogen and oxygen atoms in total. The van der Waals surface area contributed by atoms with E-state index in [4.69, 9.17) is 27.9 Å². The number of rotatable bonds is 4. The maximum absolute atomic E-state index is 12.2. The second-order valence-electron chi connectivity index (χ2n) is 5.99. The fourth-order valence-corrected chi connectivity index (χ4v) is 3.48. The van der Waals surface area contributed by atoms with Gasteiger partial charge in [0.25, 0.3) is 0 Å². The van der Waals surface area contributed by atoms with Gasteiger partial charge in [-0.1, -0.05) is 53.5 Å². The zero-order chi connectivity index (χ0) is 18.0. The molecule has 0 amide bonds. The zero-order valence-corrected chi connectivity index (χ0v) is 15.5. The lowest BCUT2D eigenvalue weighted by Gasteiger charge is -2.35. The monoisotopic (exact) mass is 376 g/mol. The summed E-state index contributed by atoms with van der Waals surface area (Å²) < 4.78 is 5.14. The maximum atomic E-state index is 12.2. The summed E-state index contributed by atoms with van der Waals surface area (Å²) in [4.78, 5) is 12.2. The molecule has 0 aromatic heterocycles. The number of esters is 1. The van der Waals surface area contributed by atoms with E-state index in [0.717, 1.165) is 5.56 Å². The SMILES string of the molecule is CCOC(=O)C1=NN(c2ccc(Cl)cc2Cl)C(C)(c2ccccc2)C1. The van der Waals surface area contributed by atoms with E-state index in [0.29, 0.717) is 34.5 Å². The first-order valence-corrected chi connectivity index (χ1v) is 8.76. The predicted molar refractivity (Wildman–Crippen MR) is 101 cm³/mol. The van der Waals surface area contributed by atoms with Crippen LogP contribution in [-0.2, 0) is 15.1 Å². The van der Waals surface area contributed by atoms with E-state index in [1.54, 1.807) is 24.1 Å². The van der Waals surface area contributed by atoms with Crippen LogP contribution < -0.4 is 5.01 Å². The van der Waals surface area contributed by atoms with Gasteiger partial charge in [-0.25, -0.2) is 4.79 Å². The highest BCUT2D eigenvalue weighted by Crippen LogP contribution is 2.43. The Morgan fingerprint density at radius 1 is 1.24 bits per heavy atom. The van der Waals surface area contributed by atoms with Gasteiger partial charge in [0, 0.05) is 11.4 Å². The van der Waals surface area contributed by atoms with Crippen molar-refractivity contribution in [1.82, 2.24) is 0 Å². The summed E-state index contributed by atoms with van der Waals surface area (Å²) in [6.07, 6.45) is 0.425. The summed E-state index contributed by atoms with van der Waals surface area (Å²) in [5.74, 6) is -0.405. The van der Waals surface area contributed by atoms with Crippen molar-refractivity contribution < 1.29 is 9.53 Å². The van der Waals surface area contributed by atoms with E-state index in [2.05, 4.69) is 5.10 Å². The molecular weight excluding hydrogens is 359 g/mol. The van der Waals surface area contributed by atoms with Gasteiger partial charge in [-0.2, -0.15) is 5.10 Å². The van der Waals surface area contributed by atoms with Crippen LogP contribution in [0.3, 0.4) is 0 Å². The molecule has 2 aromatic rings. The highest BCUT2D eigenvalue weighted by atomic mass is 35.5. The van der Waals surface area contributed by atoms with E-state index in [1.165, 1.54) is 0 Å². The van der Waals surface area contributed by atoms with Crippen molar-refractivity contribution in [3.63, 3.8) is 0 Å². The Kier molecular flexibility index (Phi) is 5.02. The van der Waals surface area contributed by atoms with Crippen LogP contribution in [0, 0.1) is 0 Å². The molecule has 0 spiro atoms. The van der Waals surface area contributed by atoms with Gasteiger partial charge in [0.15, 0.2) is 0 Å². The lowest BCUT2D eigenvalue weighted by molar-refractivity contribution is -0.135.